The first kappa shape index (κ1) is 20.5. The highest BCUT2D eigenvalue weighted by Crippen LogP contribution is 2.28. The maximum Gasteiger partial charge on any atom is 0.331 e. The molecule has 133 valence electrons. The Morgan fingerprint density at radius 2 is 1.79 bits per heavy atom. The molecule has 0 unspecified atom stereocenters. The lowest BCUT2D eigenvalue weighted by Crippen LogP contribution is -2.51. The third kappa shape index (κ3) is 5.53. The highest BCUT2D eigenvalue weighted by atomic mass is 16.5. The lowest BCUT2D eigenvalue weighted by atomic mass is 9.82. The van der Waals surface area contributed by atoms with E-state index in [0.717, 1.165) is 5.46 Å². The largest absolute Gasteiger partial charge is 0.494 e. The van der Waals surface area contributed by atoms with E-state index in [1.165, 1.54) is 0 Å². The zero-order valence-electron chi connectivity index (χ0n) is 15.5. The van der Waals surface area contributed by atoms with E-state index in [4.69, 9.17) is 19.2 Å². The van der Waals surface area contributed by atoms with Gasteiger partial charge in [-0.3, -0.25) is 4.79 Å². The molecule has 1 aromatic rings. The van der Waals surface area contributed by atoms with Crippen LogP contribution in [0.5, 0.6) is 5.75 Å². The summed E-state index contributed by atoms with van der Waals surface area (Å²) < 4.78 is 17.3. The number of aliphatic carboxylic acids is 1. The molecule has 5 nitrogen and oxygen atoms in total. The molecule has 24 heavy (non-hydrogen) atoms. The summed E-state index contributed by atoms with van der Waals surface area (Å²) in [6.45, 7) is 12.8. The average molecular weight is 335 g/mol. The van der Waals surface area contributed by atoms with Crippen molar-refractivity contribution in [1.29, 1.82) is 0 Å². The number of ether oxygens (including phenoxy) is 2. The summed E-state index contributed by atoms with van der Waals surface area (Å²) in [6.07, 6.45) is -0.0701. The molecule has 6 heteroatoms. The van der Waals surface area contributed by atoms with E-state index in [-0.39, 0.29) is 6.42 Å². The highest BCUT2D eigenvalue weighted by molar-refractivity contribution is 6.47. The van der Waals surface area contributed by atoms with Gasteiger partial charge in [0, 0.05) is 12.2 Å². The smallest absolute Gasteiger partial charge is 0.331 e. The Morgan fingerprint density at radius 1 is 1.12 bits per heavy atom. The highest BCUT2D eigenvalue weighted by Gasteiger charge is 2.38. The van der Waals surface area contributed by atoms with Gasteiger partial charge in [-0.05, 0) is 53.1 Å². The number of rotatable bonds is 10. The van der Waals surface area contributed by atoms with Gasteiger partial charge in [0.1, 0.15) is 5.75 Å². The van der Waals surface area contributed by atoms with Crippen molar-refractivity contribution >= 4 is 18.9 Å². The molecule has 1 N–H and O–H groups in total. The quantitative estimate of drug-likeness (QED) is 0.666. The minimum atomic E-state index is -0.886. The summed E-state index contributed by atoms with van der Waals surface area (Å²) in [5, 5.41) is 8.98. The van der Waals surface area contributed by atoms with Crippen molar-refractivity contribution < 1.29 is 24.0 Å². The summed E-state index contributed by atoms with van der Waals surface area (Å²) in [5.74, 6) is -0.317. The van der Waals surface area contributed by atoms with Gasteiger partial charge >= 0.3 is 13.5 Å². The molecule has 0 spiro atoms. The van der Waals surface area contributed by atoms with Crippen LogP contribution in [0, 0.1) is 0 Å². The molecule has 1 aromatic carbocycles. The topological polar surface area (TPSA) is 65.0 Å². The fourth-order valence-corrected chi connectivity index (χ4v) is 2.14. The van der Waals surface area contributed by atoms with E-state index in [2.05, 4.69) is 0 Å². The Morgan fingerprint density at radius 3 is 2.33 bits per heavy atom. The van der Waals surface area contributed by atoms with E-state index in [9.17, 15) is 4.79 Å². The molecule has 0 aliphatic carbocycles. The van der Waals surface area contributed by atoms with Crippen LogP contribution >= 0.6 is 0 Å². The normalized spacial score (nSPS) is 12.1. The molecule has 0 atom stereocenters. The standard InChI is InChI=1S/C18H28BO5/c1-7-22-15-12-14(10-9-13(15)11-16(20)21)19-24-18(5,6)17(3,4)23-8-2/h9-10,12H,7-8,11H2,1-6H3,(H,20,21). The SMILES string of the molecule is CCOc1cc([B]OC(C)(C)C(C)(C)OCC)ccc1CC(=O)O. The van der Waals surface area contributed by atoms with Crippen LogP contribution in [0.15, 0.2) is 18.2 Å². The van der Waals surface area contributed by atoms with Gasteiger partial charge < -0.3 is 19.2 Å². The maximum absolute atomic E-state index is 10.9. The first-order valence-corrected chi connectivity index (χ1v) is 8.25. The Balaban J connectivity index is 2.88. The van der Waals surface area contributed by atoms with Crippen molar-refractivity contribution in [2.45, 2.75) is 59.2 Å². The molecule has 0 aliphatic rings. The van der Waals surface area contributed by atoms with Crippen molar-refractivity contribution in [1.82, 2.24) is 0 Å². The second kappa shape index (κ2) is 8.54. The van der Waals surface area contributed by atoms with Crippen molar-refractivity contribution in [3.63, 3.8) is 0 Å². The number of carboxylic acid groups (broad SMARTS) is 1. The van der Waals surface area contributed by atoms with E-state index in [1.54, 1.807) is 19.6 Å². The summed E-state index contributed by atoms with van der Waals surface area (Å²) in [4.78, 5) is 10.9. The van der Waals surface area contributed by atoms with Gasteiger partial charge in [0.2, 0.25) is 0 Å². The van der Waals surface area contributed by atoms with Gasteiger partial charge in [-0.15, -0.1) is 0 Å². The number of hydrogen-bond donors (Lipinski definition) is 1. The summed E-state index contributed by atoms with van der Waals surface area (Å²) in [5.41, 5.74) is 0.474. The molecule has 0 bridgehead atoms. The number of hydrogen-bond acceptors (Lipinski definition) is 4. The van der Waals surface area contributed by atoms with E-state index >= 15 is 0 Å². The van der Waals surface area contributed by atoms with Crippen molar-refractivity contribution in [2.75, 3.05) is 13.2 Å². The molecule has 0 saturated carbocycles. The maximum atomic E-state index is 10.9. The minimum absolute atomic E-state index is 0.0701. The minimum Gasteiger partial charge on any atom is -0.494 e. The molecule has 1 radical (unpaired) electrons. The van der Waals surface area contributed by atoms with Crippen LogP contribution in [-0.4, -0.2) is 43.0 Å². The van der Waals surface area contributed by atoms with Gasteiger partial charge in [-0.1, -0.05) is 12.1 Å². The lowest BCUT2D eigenvalue weighted by Gasteiger charge is -2.41. The Hall–Kier alpha value is -1.53. The van der Waals surface area contributed by atoms with Gasteiger partial charge in [-0.25, -0.2) is 0 Å². The van der Waals surface area contributed by atoms with Crippen LogP contribution in [0.3, 0.4) is 0 Å². The Kier molecular flexibility index (Phi) is 7.30. The molecule has 0 aliphatic heterocycles. The predicted octanol–water partition coefficient (Wildman–Crippen LogP) is 2.57. The van der Waals surface area contributed by atoms with Crippen molar-refractivity contribution in [2.24, 2.45) is 0 Å². The first-order valence-electron chi connectivity index (χ1n) is 8.25. The molecule has 0 amide bonds. The van der Waals surface area contributed by atoms with Gasteiger partial charge in [-0.2, -0.15) is 0 Å². The third-order valence-electron chi connectivity index (χ3n) is 4.18. The first-order chi connectivity index (χ1) is 11.1. The fourth-order valence-electron chi connectivity index (χ4n) is 2.14. The average Bonchev–Trinajstić information content (AvgIpc) is 2.47. The summed E-state index contributed by atoms with van der Waals surface area (Å²) in [6, 6.07) is 5.38. The molecule has 0 aromatic heterocycles. The van der Waals surface area contributed by atoms with Crippen molar-refractivity contribution in [3.8, 4) is 5.75 Å². The Labute approximate surface area is 145 Å². The van der Waals surface area contributed by atoms with Crippen LogP contribution in [0.4, 0.5) is 0 Å². The van der Waals surface area contributed by atoms with Crippen LogP contribution in [0.2, 0.25) is 0 Å². The van der Waals surface area contributed by atoms with Crippen LogP contribution < -0.4 is 10.2 Å². The molecule has 0 saturated heterocycles. The summed E-state index contributed by atoms with van der Waals surface area (Å²) in [7, 11) is 1.66. The molecule has 0 heterocycles. The molecule has 0 fully saturated rings. The van der Waals surface area contributed by atoms with E-state index in [0.29, 0.717) is 24.5 Å². The molecular weight excluding hydrogens is 307 g/mol. The number of carbonyl (C=O) groups is 1. The monoisotopic (exact) mass is 335 g/mol. The predicted molar refractivity (Wildman–Crippen MR) is 95.2 cm³/mol. The van der Waals surface area contributed by atoms with Crippen LogP contribution in [0.25, 0.3) is 0 Å². The lowest BCUT2D eigenvalue weighted by molar-refractivity contribution is -0.136. The van der Waals surface area contributed by atoms with E-state index in [1.807, 2.05) is 47.6 Å². The van der Waals surface area contributed by atoms with Crippen LogP contribution in [0.1, 0.15) is 47.1 Å². The number of carboxylic acids is 1. The Bertz CT molecular complexity index is 554. The second-order valence-electron chi connectivity index (χ2n) is 6.56. The van der Waals surface area contributed by atoms with Crippen molar-refractivity contribution in [3.05, 3.63) is 23.8 Å². The van der Waals surface area contributed by atoms with Crippen LogP contribution in [-0.2, 0) is 20.6 Å². The third-order valence-corrected chi connectivity index (χ3v) is 4.18. The summed E-state index contributed by atoms with van der Waals surface area (Å²) >= 11 is 0. The zero-order valence-corrected chi connectivity index (χ0v) is 15.5. The molecule has 1 rings (SSSR count). The fraction of sp³-hybridized carbons (Fsp3) is 0.611. The van der Waals surface area contributed by atoms with Gasteiger partial charge in [0.15, 0.2) is 0 Å². The van der Waals surface area contributed by atoms with E-state index < -0.39 is 17.2 Å². The van der Waals surface area contributed by atoms with Gasteiger partial charge in [0.05, 0.1) is 24.2 Å². The number of benzene rings is 1. The second-order valence-corrected chi connectivity index (χ2v) is 6.56. The zero-order chi connectivity index (χ0) is 18.4. The van der Waals surface area contributed by atoms with Gasteiger partial charge in [0.25, 0.3) is 0 Å². The molecular formula is C18H28BO5.